The van der Waals surface area contributed by atoms with Gasteiger partial charge in [-0.25, -0.2) is 0 Å². The summed E-state index contributed by atoms with van der Waals surface area (Å²) in [6.45, 7) is 9.62. The molecule has 1 aromatic rings. The van der Waals surface area contributed by atoms with Crippen molar-refractivity contribution >= 4 is 47.2 Å². The van der Waals surface area contributed by atoms with E-state index >= 15 is 0 Å². The molecule has 1 aliphatic carbocycles. The maximum absolute atomic E-state index is 11.8. The predicted molar refractivity (Wildman–Crippen MR) is 122 cm³/mol. The number of carbonyl (C=O) groups excluding carboxylic acids is 1. The van der Waals surface area contributed by atoms with E-state index < -0.39 is 0 Å². The fourth-order valence-electron chi connectivity index (χ4n) is 2.68. The van der Waals surface area contributed by atoms with Crippen LogP contribution in [-0.4, -0.2) is 38.0 Å². The molecule has 0 unspecified atom stereocenters. The number of carbonyl (C=O) groups is 1. The first-order valence-electron chi connectivity index (χ1n) is 9.37. The van der Waals surface area contributed by atoms with E-state index in [-0.39, 0.29) is 41.2 Å². The Morgan fingerprint density at radius 1 is 1.27 bits per heavy atom. The van der Waals surface area contributed by atoms with E-state index in [2.05, 4.69) is 54.2 Å². The van der Waals surface area contributed by atoms with E-state index in [0.717, 1.165) is 51.4 Å². The third-order valence-corrected chi connectivity index (χ3v) is 5.82. The zero-order chi connectivity index (χ0) is 18.1. The van der Waals surface area contributed by atoms with Gasteiger partial charge in [0.05, 0.1) is 6.54 Å². The molecule has 1 fully saturated rings. The average Bonchev–Trinajstić information content (AvgIpc) is 3.05. The molecule has 0 aromatic carbocycles. The molecule has 1 heterocycles. The van der Waals surface area contributed by atoms with Crippen molar-refractivity contribution in [2.24, 2.45) is 10.9 Å². The van der Waals surface area contributed by atoms with Crippen molar-refractivity contribution in [2.45, 2.75) is 51.9 Å². The number of hydrogen-bond donors (Lipinski definition) is 3. The lowest BCUT2D eigenvalue weighted by Crippen LogP contribution is -2.40. The largest absolute Gasteiger partial charge is 0.357 e. The Balaban J connectivity index is 0.00000338. The molecular weight excluding hydrogens is 459 g/mol. The lowest BCUT2D eigenvalue weighted by molar-refractivity contribution is -0.127. The van der Waals surface area contributed by atoms with E-state index in [4.69, 9.17) is 4.99 Å². The maximum Gasteiger partial charge on any atom is 0.223 e. The molecule has 0 radical (unpaired) electrons. The second-order valence-corrected chi connectivity index (χ2v) is 8.20. The molecule has 5 nitrogen and oxygen atoms in total. The zero-order valence-electron chi connectivity index (χ0n) is 16.1. The highest BCUT2D eigenvalue weighted by molar-refractivity contribution is 14.0. The molecule has 1 amide bonds. The Labute approximate surface area is 178 Å². The summed E-state index contributed by atoms with van der Waals surface area (Å²) in [5.74, 6) is 1.34. The molecule has 0 bridgehead atoms. The van der Waals surface area contributed by atoms with Gasteiger partial charge in [-0.05, 0) is 37.6 Å². The van der Waals surface area contributed by atoms with Crippen LogP contribution in [0.5, 0.6) is 0 Å². The first kappa shape index (κ1) is 23.2. The summed E-state index contributed by atoms with van der Waals surface area (Å²) in [6, 6.07) is 4.26. The van der Waals surface area contributed by atoms with Crippen LogP contribution in [0.25, 0.3) is 0 Å². The van der Waals surface area contributed by atoms with E-state index in [1.807, 2.05) is 0 Å². The topological polar surface area (TPSA) is 65.5 Å². The molecule has 2 rings (SSSR count). The van der Waals surface area contributed by atoms with Gasteiger partial charge >= 0.3 is 0 Å². The number of hydrogen-bond acceptors (Lipinski definition) is 3. The van der Waals surface area contributed by atoms with Gasteiger partial charge in [-0.2, -0.15) is 0 Å². The summed E-state index contributed by atoms with van der Waals surface area (Å²) >= 11 is 1.78. The van der Waals surface area contributed by atoms with Gasteiger partial charge in [0.1, 0.15) is 0 Å². The molecule has 1 aromatic heterocycles. The lowest BCUT2D eigenvalue weighted by atomic mass is 9.85. The van der Waals surface area contributed by atoms with Gasteiger partial charge in [-0.3, -0.25) is 9.79 Å². The molecule has 1 saturated carbocycles. The van der Waals surface area contributed by atoms with Crippen LogP contribution >= 0.6 is 35.3 Å². The zero-order valence-corrected chi connectivity index (χ0v) is 19.3. The number of guanidine groups is 1. The third-order valence-electron chi connectivity index (χ3n) is 4.59. The highest BCUT2D eigenvalue weighted by Crippen LogP contribution is 2.27. The fraction of sp³-hybridized carbons (Fsp3) is 0.684. The Bertz CT molecular complexity index is 556. The van der Waals surface area contributed by atoms with Crippen LogP contribution in [0.4, 0.5) is 0 Å². The van der Waals surface area contributed by atoms with Crippen molar-refractivity contribution in [3.8, 4) is 0 Å². The molecule has 0 saturated heterocycles. The van der Waals surface area contributed by atoms with Crippen LogP contribution in [-0.2, 0) is 10.2 Å². The number of thiophene rings is 1. The fourth-order valence-corrected chi connectivity index (χ4v) is 3.53. The van der Waals surface area contributed by atoms with Gasteiger partial charge in [0.2, 0.25) is 5.91 Å². The van der Waals surface area contributed by atoms with Crippen LogP contribution in [0, 0.1) is 5.92 Å². The first-order chi connectivity index (χ1) is 12.0. The minimum absolute atomic E-state index is 0. The highest BCUT2D eigenvalue weighted by Gasteiger charge is 2.24. The SMILES string of the molecule is CCNC(=NCC(C)(C)c1cccs1)NCCCNC(=O)C1CCC1.I. The van der Waals surface area contributed by atoms with Crippen molar-refractivity contribution in [2.75, 3.05) is 26.2 Å². The number of aliphatic imine (C=N–C) groups is 1. The number of halogens is 1. The molecule has 148 valence electrons. The number of amides is 1. The van der Waals surface area contributed by atoms with Gasteiger partial charge in [-0.15, -0.1) is 35.3 Å². The standard InChI is InChI=1S/C19H32N4OS.HI/c1-4-20-18(23-14-19(2,3)16-10-6-13-25-16)22-12-7-11-21-17(24)15-8-5-9-15;/h6,10,13,15H,4-5,7-9,11-12,14H2,1-3H3,(H,21,24)(H2,20,22,23);1H. The Morgan fingerprint density at radius 3 is 2.58 bits per heavy atom. The first-order valence-corrected chi connectivity index (χ1v) is 10.2. The second kappa shape index (κ2) is 11.8. The Kier molecular flexibility index (Phi) is 10.5. The Morgan fingerprint density at radius 2 is 2.00 bits per heavy atom. The quantitative estimate of drug-likeness (QED) is 0.214. The monoisotopic (exact) mass is 492 g/mol. The van der Waals surface area contributed by atoms with Crippen molar-refractivity contribution in [3.63, 3.8) is 0 Å². The number of nitrogens with one attached hydrogen (secondary N) is 3. The van der Waals surface area contributed by atoms with Gasteiger partial charge in [0.25, 0.3) is 0 Å². The molecule has 0 spiro atoms. The van der Waals surface area contributed by atoms with Crippen molar-refractivity contribution < 1.29 is 4.79 Å². The van der Waals surface area contributed by atoms with Gasteiger partial charge in [-0.1, -0.05) is 26.3 Å². The summed E-state index contributed by atoms with van der Waals surface area (Å²) in [7, 11) is 0. The van der Waals surface area contributed by atoms with Gasteiger partial charge < -0.3 is 16.0 Å². The highest BCUT2D eigenvalue weighted by atomic mass is 127. The van der Waals surface area contributed by atoms with E-state index in [1.165, 1.54) is 11.3 Å². The van der Waals surface area contributed by atoms with Gasteiger partial charge in [0.15, 0.2) is 5.96 Å². The maximum atomic E-state index is 11.8. The Hall–Kier alpha value is -0.830. The summed E-state index contributed by atoms with van der Waals surface area (Å²) in [6.07, 6.45) is 4.21. The molecule has 7 heteroatoms. The molecule has 3 N–H and O–H groups in total. The normalized spacial score (nSPS) is 15.0. The third kappa shape index (κ3) is 7.42. The van der Waals surface area contributed by atoms with Crippen LogP contribution < -0.4 is 16.0 Å². The van der Waals surface area contributed by atoms with Crippen LogP contribution in [0.2, 0.25) is 0 Å². The van der Waals surface area contributed by atoms with Crippen molar-refractivity contribution in [3.05, 3.63) is 22.4 Å². The number of rotatable bonds is 9. The van der Waals surface area contributed by atoms with E-state index in [1.54, 1.807) is 11.3 Å². The minimum Gasteiger partial charge on any atom is -0.357 e. The van der Waals surface area contributed by atoms with Crippen LogP contribution in [0.3, 0.4) is 0 Å². The molecule has 26 heavy (non-hydrogen) atoms. The second-order valence-electron chi connectivity index (χ2n) is 7.26. The van der Waals surface area contributed by atoms with Crippen LogP contribution in [0.1, 0.15) is 51.3 Å². The number of nitrogens with zero attached hydrogens (tertiary/aromatic N) is 1. The summed E-state index contributed by atoms with van der Waals surface area (Å²) < 4.78 is 0. The van der Waals surface area contributed by atoms with Gasteiger partial charge in [0, 0.05) is 35.8 Å². The van der Waals surface area contributed by atoms with Crippen LogP contribution in [0.15, 0.2) is 22.5 Å². The van der Waals surface area contributed by atoms with E-state index in [9.17, 15) is 4.79 Å². The van der Waals surface area contributed by atoms with Crippen molar-refractivity contribution in [1.82, 2.24) is 16.0 Å². The van der Waals surface area contributed by atoms with Crippen molar-refractivity contribution in [1.29, 1.82) is 0 Å². The molecule has 1 aliphatic rings. The molecule has 0 aliphatic heterocycles. The molecule has 0 atom stereocenters. The smallest absolute Gasteiger partial charge is 0.223 e. The minimum atomic E-state index is 0. The molecular formula is C19H33IN4OS. The summed E-state index contributed by atoms with van der Waals surface area (Å²) in [5, 5.41) is 11.8. The lowest BCUT2D eigenvalue weighted by Gasteiger charge is -2.24. The predicted octanol–water partition coefficient (Wildman–Crippen LogP) is 3.51. The summed E-state index contributed by atoms with van der Waals surface area (Å²) in [4.78, 5) is 17.9. The summed E-state index contributed by atoms with van der Waals surface area (Å²) in [5.41, 5.74) is 0.0350. The average molecular weight is 492 g/mol. The van der Waals surface area contributed by atoms with E-state index in [0.29, 0.717) is 0 Å².